The molecule has 3 rings (SSSR count). The van der Waals surface area contributed by atoms with Gasteiger partial charge in [0.15, 0.2) is 5.82 Å². The molecule has 2 heterocycles. The molecular weight excluding hydrogens is 283 g/mol. The zero-order valence-corrected chi connectivity index (χ0v) is 11.9. The second-order valence-electron chi connectivity index (χ2n) is 4.34. The molecule has 19 heavy (non-hydrogen) atoms. The molecular formula is C14H10ClFN2S. The molecule has 0 radical (unpaired) electrons. The summed E-state index contributed by atoms with van der Waals surface area (Å²) in [6.45, 7) is 3.69. The van der Waals surface area contributed by atoms with Gasteiger partial charge in [0.1, 0.15) is 11.0 Å². The highest BCUT2D eigenvalue weighted by atomic mass is 35.5. The standard InChI is InChI=1S/C14H10ClFN2S/c1-7-5-6-19-12(7)14-17-11-8(2)10(16)4-3-9(11)13(15)18-14/h3-6H,1-2H3. The average molecular weight is 293 g/mol. The molecule has 0 saturated heterocycles. The summed E-state index contributed by atoms with van der Waals surface area (Å²) in [6, 6.07) is 5.01. The minimum atomic E-state index is -0.281. The number of benzene rings is 1. The number of hydrogen-bond donors (Lipinski definition) is 0. The summed E-state index contributed by atoms with van der Waals surface area (Å²) < 4.78 is 13.6. The third-order valence-electron chi connectivity index (χ3n) is 3.07. The number of hydrogen-bond acceptors (Lipinski definition) is 3. The van der Waals surface area contributed by atoms with Crippen molar-refractivity contribution in [2.75, 3.05) is 0 Å². The predicted molar refractivity (Wildman–Crippen MR) is 77.3 cm³/mol. The maximum Gasteiger partial charge on any atom is 0.171 e. The lowest BCUT2D eigenvalue weighted by Crippen LogP contribution is -1.95. The van der Waals surface area contributed by atoms with Crippen molar-refractivity contribution in [1.82, 2.24) is 9.97 Å². The van der Waals surface area contributed by atoms with E-state index in [0.717, 1.165) is 10.4 Å². The summed E-state index contributed by atoms with van der Waals surface area (Å²) in [6.07, 6.45) is 0. The van der Waals surface area contributed by atoms with Gasteiger partial charge >= 0.3 is 0 Å². The third-order valence-corrected chi connectivity index (χ3v) is 4.37. The second-order valence-corrected chi connectivity index (χ2v) is 5.61. The lowest BCUT2D eigenvalue weighted by molar-refractivity contribution is 0.620. The molecule has 96 valence electrons. The van der Waals surface area contributed by atoms with Crippen molar-refractivity contribution in [1.29, 1.82) is 0 Å². The van der Waals surface area contributed by atoms with Crippen LogP contribution in [-0.4, -0.2) is 9.97 Å². The quantitative estimate of drug-likeness (QED) is 0.604. The molecule has 0 N–H and O–H groups in total. The van der Waals surface area contributed by atoms with Crippen LogP contribution in [0.15, 0.2) is 23.6 Å². The second kappa shape index (κ2) is 4.54. The zero-order chi connectivity index (χ0) is 13.6. The van der Waals surface area contributed by atoms with Gasteiger partial charge in [-0.15, -0.1) is 11.3 Å². The van der Waals surface area contributed by atoms with E-state index >= 15 is 0 Å². The van der Waals surface area contributed by atoms with Crippen molar-refractivity contribution in [3.05, 3.63) is 45.7 Å². The maximum atomic E-state index is 13.6. The van der Waals surface area contributed by atoms with Crippen molar-refractivity contribution < 1.29 is 4.39 Å². The summed E-state index contributed by atoms with van der Waals surface area (Å²) in [5.41, 5.74) is 2.16. The van der Waals surface area contributed by atoms with Gasteiger partial charge in [0.25, 0.3) is 0 Å². The topological polar surface area (TPSA) is 25.8 Å². The zero-order valence-electron chi connectivity index (χ0n) is 10.4. The van der Waals surface area contributed by atoms with Gasteiger partial charge in [-0.05, 0) is 43.0 Å². The van der Waals surface area contributed by atoms with Gasteiger partial charge in [0, 0.05) is 10.9 Å². The smallest absolute Gasteiger partial charge is 0.171 e. The van der Waals surface area contributed by atoms with E-state index in [0.29, 0.717) is 27.4 Å². The Morgan fingerprint density at radius 2 is 1.95 bits per heavy atom. The maximum absolute atomic E-state index is 13.6. The van der Waals surface area contributed by atoms with Gasteiger partial charge in [0.2, 0.25) is 0 Å². The summed E-state index contributed by atoms with van der Waals surface area (Å²) >= 11 is 7.74. The number of nitrogens with zero attached hydrogens (tertiary/aromatic N) is 2. The first-order valence-corrected chi connectivity index (χ1v) is 7.00. The van der Waals surface area contributed by atoms with Gasteiger partial charge in [-0.2, -0.15) is 0 Å². The van der Waals surface area contributed by atoms with Gasteiger partial charge in [-0.1, -0.05) is 11.6 Å². The first kappa shape index (κ1) is 12.5. The SMILES string of the molecule is Cc1ccsc1-c1nc(Cl)c2ccc(F)c(C)c2n1. The molecule has 2 aromatic heterocycles. The molecule has 0 bridgehead atoms. The number of fused-ring (bicyclic) bond motifs is 1. The van der Waals surface area contributed by atoms with Gasteiger partial charge < -0.3 is 0 Å². The Morgan fingerprint density at radius 3 is 2.63 bits per heavy atom. The van der Waals surface area contributed by atoms with Crippen LogP contribution in [0.2, 0.25) is 5.15 Å². The molecule has 0 aliphatic carbocycles. The van der Waals surface area contributed by atoms with Crippen molar-refractivity contribution in [2.24, 2.45) is 0 Å². The Morgan fingerprint density at radius 1 is 1.16 bits per heavy atom. The minimum Gasteiger partial charge on any atom is -0.227 e. The van der Waals surface area contributed by atoms with Gasteiger partial charge in [-0.3, -0.25) is 0 Å². The van der Waals surface area contributed by atoms with Crippen LogP contribution in [0.25, 0.3) is 21.6 Å². The molecule has 1 aromatic carbocycles. The summed E-state index contributed by atoms with van der Waals surface area (Å²) in [4.78, 5) is 9.76. The Kier molecular flexibility index (Phi) is 2.99. The van der Waals surface area contributed by atoms with Crippen LogP contribution in [0.4, 0.5) is 4.39 Å². The molecule has 5 heteroatoms. The fourth-order valence-corrected chi connectivity index (χ4v) is 3.06. The lowest BCUT2D eigenvalue weighted by atomic mass is 10.1. The molecule has 2 nitrogen and oxygen atoms in total. The van der Waals surface area contributed by atoms with Crippen molar-refractivity contribution in [3.63, 3.8) is 0 Å². The van der Waals surface area contributed by atoms with E-state index in [1.165, 1.54) is 6.07 Å². The van der Waals surface area contributed by atoms with E-state index in [1.807, 2.05) is 18.4 Å². The molecule has 3 aromatic rings. The predicted octanol–water partition coefficient (Wildman–Crippen LogP) is 4.77. The fraction of sp³-hybridized carbons (Fsp3) is 0.143. The molecule has 0 aliphatic heterocycles. The van der Waals surface area contributed by atoms with Crippen LogP contribution >= 0.6 is 22.9 Å². The highest BCUT2D eigenvalue weighted by Crippen LogP contribution is 2.31. The molecule has 0 fully saturated rings. The van der Waals surface area contributed by atoms with E-state index in [1.54, 1.807) is 24.3 Å². The van der Waals surface area contributed by atoms with E-state index in [4.69, 9.17) is 11.6 Å². The van der Waals surface area contributed by atoms with Crippen LogP contribution in [0.1, 0.15) is 11.1 Å². The van der Waals surface area contributed by atoms with Crippen LogP contribution < -0.4 is 0 Å². The molecule has 0 spiro atoms. The molecule has 0 amide bonds. The summed E-state index contributed by atoms with van der Waals surface area (Å²) in [7, 11) is 0. The van der Waals surface area contributed by atoms with Crippen molar-refractivity contribution >= 4 is 33.8 Å². The Bertz CT molecular complexity index is 782. The highest BCUT2D eigenvalue weighted by molar-refractivity contribution is 7.13. The molecule has 0 atom stereocenters. The number of aryl methyl sites for hydroxylation is 2. The van der Waals surface area contributed by atoms with Crippen LogP contribution in [0.3, 0.4) is 0 Å². The van der Waals surface area contributed by atoms with E-state index in [9.17, 15) is 4.39 Å². The number of halogens is 2. The Hall–Kier alpha value is -1.52. The average Bonchev–Trinajstić information content (AvgIpc) is 2.80. The van der Waals surface area contributed by atoms with Crippen LogP contribution in [-0.2, 0) is 0 Å². The van der Waals surface area contributed by atoms with Crippen LogP contribution in [0.5, 0.6) is 0 Å². The number of rotatable bonds is 1. The third kappa shape index (κ3) is 2.01. The molecule has 0 saturated carbocycles. The summed E-state index contributed by atoms with van der Waals surface area (Å²) in [5.74, 6) is 0.273. The summed E-state index contributed by atoms with van der Waals surface area (Å²) in [5, 5.41) is 3.01. The van der Waals surface area contributed by atoms with Gasteiger partial charge in [-0.25, -0.2) is 14.4 Å². The largest absolute Gasteiger partial charge is 0.227 e. The van der Waals surface area contributed by atoms with Crippen molar-refractivity contribution in [2.45, 2.75) is 13.8 Å². The lowest BCUT2D eigenvalue weighted by Gasteiger charge is -2.07. The minimum absolute atomic E-state index is 0.281. The molecule has 0 aliphatic rings. The van der Waals surface area contributed by atoms with Crippen molar-refractivity contribution in [3.8, 4) is 10.7 Å². The number of thiophene rings is 1. The molecule has 0 unspecified atom stereocenters. The van der Waals surface area contributed by atoms with E-state index < -0.39 is 0 Å². The van der Waals surface area contributed by atoms with E-state index in [2.05, 4.69) is 9.97 Å². The highest BCUT2D eigenvalue weighted by Gasteiger charge is 2.13. The van der Waals surface area contributed by atoms with E-state index in [-0.39, 0.29) is 5.82 Å². The fourth-order valence-electron chi connectivity index (χ4n) is 1.97. The monoisotopic (exact) mass is 292 g/mol. The van der Waals surface area contributed by atoms with Gasteiger partial charge in [0.05, 0.1) is 10.4 Å². The Labute approximate surface area is 118 Å². The normalized spacial score (nSPS) is 11.2. The number of aromatic nitrogens is 2. The Balaban J connectivity index is 2.35. The first-order valence-electron chi connectivity index (χ1n) is 5.74. The van der Waals surface area contributed by atoms with Crippen LogP contribution in [0, 0.1) is 19.7 Å². The first-order chi connectivity index (χ1) is 9.08.